The zero-order chi connectivity index (χ0) is 13.8. The Labute approximate surface area is 119 Å². The van der Waals surface area contributed by atoms with Crippen LogP contribution in [0.5, 0.6) is 5.75 Å². The molecule has 3 nitrogen and oxygen atoms in total. The van der Waals surface area contributed by atoms with Gasteiger partial charge in [-0.3, -0.25) is 0 Å². The van der Waals surface area contributed by atoms with Gasteiger partial charge >= 0.3 is 0 Å². The van der Waals surface area contributed by atoms with Crippen LogP contribution >= 0.6 is 15.9 Å². The molecule has 1 aliphatic carbocycles. The normalized spacial score (nSPS) is 26.0. The summed E-state index contributed by atoms with van der Waals surface area (Å²) >= 11 is 3.44. The lowest BCUT2D eigenvalue weighted by atomic mass is 9.91. The number of methoxy groups -OCH3 is 1. The summed E-state index contributed by atoms with van der Waals surface area (Å²) < 4.78 is 42.7. The molecule has 6 heteroatoms. The first-order chi connectivity index (χ1) is 9.13. The highest BCUT2D eigenvalue weighted by molar-refractivity contribution is 9.09. The minimum Gasteiger partial charge on any atom is -0.482 e. The van der Waals surface area contributed by atoms with Crippen molar-refractivity contribution < 1.29 is 23.0 Å². The molecule has 19 heavy (non-hydrogen) atoms. The van der Waals surface area contributed by atoms with Crippen LogP contribution in [0.15, 0.2) is 18.2 Å². The Morgan fingerprint density at radius 3 is 2.53 bits per heavy atom. The van der Waals surface area contributed by atoms with Gasteiger partial charge in [0.25, 0.3) is 0 Å². The van der Waals surface area contributed by atoms with Crippen molar-refractivity contribution in [2.75, 3.05) is 20.3 Å². The highest BCUT2D eigenvalue weighted by Gasteiger charge is 2.43. The molecule has 1 aromatic rings. The lowest BCUT2D eigenvalue weighted by Crippen LogP contribution is -2.52. The number of hydrogen-bond acceptors (Lipinski definition) is 3. The van der Waals surface area contributed by atoms with Crippen LogP contribution in [0.4, 0.5) is 8.78 Å². The van der Waals surface area contributed by atoms with Crippen LogP contribution in [0.2, 0.25) is 0 Å². The Morgan fingerprint density at radius 1 is 1.26 bits per heavy atom. The van der Waals surface area contributed by atoms with Crippen molar-refractivity contribution in [3.8, 4) is 5.75 Å². The molecule has 1 saturated carbocycles. The van der Waals surface area contributed by atoms with Gasteiger partial charge in [-0.2, -0.15) is 0 Å². The van der Waals surface area contributed by atoms with Crippen LogP contribution in [-0.2, 0) is 9.47 Å². The number of ether oxygens (including phenoxy) is 3. The maximum Gasteiger partial charge on any atom is 0.191 e. The second-order valence-electron chi connectivity index (χ2n) is 4.29. The molecule has 0 saturated heterocycles. The van der Waals surface area contributed by atoms with E-state index in [1.165, 1.54) is 18.2 Å². The summed E-state index contributed by atoms with van der Waals surface area (Å²) in [5.74, 6) is -1.74. The van der Waals surface area contributed by atoms with Gasteiger partial charge in [0, 0.05) is 18.4 Å². The van der Waals surface area contributed by atoms with Crippen LogP contribution in [0.3, 0.4) is 0 Å². The predicted octanol–water partition coefficient (Wildman–Crippen LogP) is 2.91. The predicted molar refractivity (Wildman–Crippen MR) is 69.7 cm³/mol. The van der Waals surface area contributed by atoms with E-state index < -0.39 is 11.6 Å². The first kappa shape index (κ1) is 14.7. The van der Waals surface area contributed by atoms with E-state index in [0.717, 1.165) is 0 Å². The Kier molecular flexibility index (Phi) is 5.13. The monoisotopic (exact) mass is 336 g/mol. The lowest BCUT2D eigenvalue weighted by molar-refractivity contribution is -0.0884. The van der Waals surface area contributed by atoms with E-state index in [4.69, 9.17) is 14.2 Å². The van der Waals surface area contributed by atoms with E-state index in [2.05, 4.69) is 15.9 Å². The number of benzene rings is 1. The standard InChI is InChI=1S/C13H15BrF2O3/c1-17-5-6-18-12-8(14)7-11(12)19-13-9(15)3-2-4-10(13)16/h2-4,8,11-12H,5-7H2,1H3. The van der Waals surface area contributed by atoms with E-state index in [1.54, 1.807) is 7.11 Å². The van der Waals surface area contributed by atoms with Gasteiger partial charge in [0.15, 0.2) is 17.4 Å². The van der Waals surface area contributed by atoms with Gasteiger partial charge < -0.3 is 14.2 Å². The van der Waals surface area contributed by atoms with Crippen LogP contribution in [0.1, 0.15) is 6.42 Å². The van der Waals surface area contributed by atoms with E-state index >= 15 is 0 Å². The van der Waals surface area contributed by atoms with Gasteiger partial charge in [-0.1, -0.05) is 22.0 Å². The molecule has 0 aliphatic heterocycles. The summed E-state index contributed by atoms with van der Waals surface area (Å²) in [5.41, 5.74) is 0. The Bertz CT molecular complexity index is 410. The van der Waals surface area contributed by atoms with Crippen LogP contribution in [0.25, 0.3) is 0 Å². The summed E-state index contributed by atoms with van der Waals surface area (Å²) in [6.45, 7) is 0.889. The minimum absolute atomic E-state index is 0.129. The SMILES string of the molecule is COCCOC1C(Br)CC1Oc1c(F)cccc1F. The van der Waals surface area contributed by atoms with Gasteiger partial charge in [-0.25, -0.2) is 8.78 Å². The number of alkyl halides is 1. The lowest BCUT2D eigenvalue weighted by Gasteiger charge is -2.40. The molecule has 1 aromatic carbocycles. The van der Waals surface area contributed by atoms with Gasteiger partial charge in [0.2, 0.25) is 0 Å². The van der Waals surface area contributed by atoms with Gasteiger partial charge in [0.1, 0.15) is 12.2 Å². The van der Waals surface area contributed by atoms with Crippen molar-refractivity contribution in [2.24, 2.45) is 0 Å². The van der Waals surface area contributed by atoms with E-state index in [-0.39, 0.29) is 22.8 Å². The molecule has 106 valence electrons. The number of rotatable bonds is 6. The van der Waals surface area contributed by atoms with Gasteiger partial charge in [-0.05, 0) is 12.1 Å². The average Bonchev–Trinajstić information content (AvgIpc) is 2.37. The number of hydrogen-bond donors (Lipinski definition) is 0. The average molecular weight is 337 g/mol. The van der Waals surface area contributed by atoms with E-state index in [9.17, 15) is 8.78 Å². The molecule has 0 spiro atoms. The molecule has 0 radical (unpaired) electrons. The highest BCUT2D eigenvalue weighted by atomic mass is 79.9. The summed E-state index contributed by atoms with van der Waals surface area (Å²) in [5, 5.41) is 0. The molecule has 2 rings (SSSR count). The molecule has 0 N–H and O–H groups in total. The molecule has 0 heterocycles. The second-order valence-corrected chi connectivity index (χ2v) is 5.46. The summed E-state index contributed by atoms with van der Waals surface area (Å²) in [6, 6.07) is 3.64. The first-order valence-electron chi connectivity index (χ1n) is 5.98. The van der Waals surface area contributed by atoms with Crippen molar-refractivity contribution in [3.05, 3.63) is 29.8 Å². The molecular weight excluding hydrogens is 322 g/mol. The third kappa shape index (κ3) is 3.43. The molecule has 3 atom stereocenters. The van der Waals surface area contributed by atoms with Crippen molar-refractivity contribution in [1.82, 2.24) is 0 Å². The Morgan fingerprint density at radius 2 is 1.95 bits per heavy atom. The molecular formula is C13H15BrF2O3. The van der Waals surface area contributed by atoms with Gasteiger partial charge in [0.05, 0.1) is 13.2 Å². The van der Waals surface area contributed by atoms with Crippen molar-refractivity contribution in [1.29, 1.82) is 0 Å². The number of para-hydroxylation sites is 1. The molecule has 0 bridgehead atoms. The molecule has 3 unspecified atom stereocenters. The minimum atomic E-state index is -0.700. The van der Waals surface area contributed by atoms with E-state index in [0.29, 0.717) is 19.6 Å². The van der Waals surface area contributed by atoms with Crippen LogP contribution < -0.4 is 4.74 Å². The van der Waals surface area contributed by atoms with Gasteiger partial charge in [-0.15, -0.1) is 0 Å². The third-order valence-corrected chi connectivity index (χ3v) is 3.86. The fourth-order valence-corrected chi connectivity index (χ4v) is 2.73. The summed E-state index contributed by atoms with van der Waals surface area (Å²) in [7, 11) is 1.58. The van der Waals surface area contributed by atoms with Crippen molar-refractivity contribution in [2.45, 2.75) is 23.5 Å². The molecule has 0 aromatic heterocycles. The molecule has 1 aliphatic rings. The largest absolute Gasteiger partial charge is 0.482 e. The fourth-order valence-electron chi connectivity index (χ4n) is 1.87. The highest BCUT2D eigenvalue weighted by Crippen LogP contribution is 2.35. The zero-order valence-corrected chi connectivity index (χ0v) is 12.0. The second kappa shape index (κ2) is 6.63. The van der Waals surface area contributed by atoms with Crippen molar-refractivity contribution in [3.63, 3.8) is 0 Å². The Hall–Kier alpha value is -0.720. The van der Waals surface area contributed by atoms with Crippen molar-refractivity contribution >= 4 is 15.9 Å². The van der Waals surface area contributed by atoms with Crippen LogP contribution in [-0.4, -0.2) is 37.4 Å². The summed E-state index contributed by atoms with van der Waals surface area (Å²) in [4.78, 5) is 0.129. The topological polar surface area (TPSA) is 27.7 Å². The Balaban J connectivity index is 1.95. The maximum atomic E-state index is 13.5. The zero-order valence-electron chi connectivity index (χ0n) is 10.4. The third-order valence-electron chi connectivity index (χ3n) is 2.97. The van der Waals surface area contributed by atoms with Crippen LogP contribution in [0, 0.1) is 11.6 Å². The molecule has 0 amide bonds. The van der Waals surface area contributed by atoms with E-state index in [1.807, 2.05) is 0 Å². The maximum absolute atomic E-state index is 13.5. The molecule has 1 fully saturated rings. The first-order valence-corrected chi connectivity index (χ1v) is 6.90. The quantitative estimate of drug-likeness (QED) is 0.590. The smallest absolute Gasteiger partial charge is 0.191 e. The summed E-state index contributed by atoms with van der Waals surface area (Å²) in [6.07, 6.45) is 0.0626. The fraction of sp³-hybridized carbons (Fsp3) is 0.538. The number of halogens is 3.